The van der Waals surface area contributed by atoms with E-state index in [4.69, 9.17) is 0 Å². The van der Waals surface area contributed by atoms with Crippen LogP contribution in [0.3, 0.4) is 0 Å². The van der Waals surface area contributed by atoms with Gasteiger partial charge in [-0.1, -0.05) is 55.7 Å². The molecule has 1 aromatic heterocycles. The normalized spacial score (nSPS) is 14.8. The third kappa shape index (κ3) is 3.65. The highest BCUT2D eigenvalue weighted by molar-refractivity contribution is 5.99. The van der Waals surface area contributed by atoms with Crippen molar-refractivity contribution in [3.05, 3.63) is 59.7 Å². The number of carbonyl (C=O) groups is 2. The highest BCUT2D eigenvalue weighted by Gasteiger charge is 2.27. The van der Waals surface area contributed by atoms with Gasteiger partial charge in [0.15, 0.2) is 0 Å². The fourth-order valence-electron chi connectivity index (χ4n) is 4.61. The van der Waals surface area contributed by atoms with Gasteiger partial charge in [-0.05, 0) is 42.0 Å². The number of carboxylic acid groups (broad SMARTS) is 1. The predicted molar refractivity (Wildman–Crippen MR) is 114 cm³/mol. The topological polar surface area (TPSA) is 71.3 Å². The number of rotatable bonds is 5. The molecular formula is C24H26N2O3. The second-order valence-corrected chi connectivity index (χ2v) is 7.76. The number of benzene rings is 2. The van der Waals surface area contributed by atoms with Gasteiger partial charge in [0.1, 0.15) is 6.54 Å². The van der Waals surface area contributed by atoms with E-state index < -0.39 is 5.97 Å². The van der Waals surface area contributed by atoms with Crippen LogP contribution < -0.4 is 5.32 Å². The molecule has 29 heavy (non-hydrogen) atoms. The van der Waals surface area contributed by atoms with Gasteiger partial charge >= 0.3 is 5.97 Å². The molecule has 1 saturated carbocycles. The van der Waals surface area contributed by atoms with Crippen LogP contribution in [0.4, 0.5) is 0 Å². The Morgan fingerprint density at radius 1 is 1.07 bits per heavy atom. The van der Waals surface area contributed by atoms with Gasteiger partial charge in [0.2, 0.25) is 5.91 Å². The third-order valence-corrected chi connectivity index (χ3v) is 5.99. The molecule has 2 aromatic carbocycles. The Hall–Kier alpha value is -3.08. The van der Waals surface area contributed by atoms with E-state index in [0.717, 1.165) is 35.0 Å². The molecule has 3 aromatic rings. The second kappa shape index (κ2) is 8.11. The maximum absolute atomic E-state index is 12.4. The molecule has 0 spiro atoms. The molecule has 1 amide bonds. The molecule has 0 aliphatic heterocycles. The zero-order valence-electron chi connectivity index (χ0n) is 16.6. The van der Waals surface area contributed by atoms with Gasteiger partial charge in [-0.15, -0.1) is 0 Å². The van der Waals surface area contributed by atoms with Gasteiger partial charge in [-0.2, -0.15) is 0 Å². The van der Waals surface area contributed by atoms with Crippen molar-refractivity contribution in [2.75, 3.05) is 7.05 Å². The summed E-state index contributed by atoms with van der Waals surface area (Å²) in [7, 11) is 1.63. The largest absolute Gasteiger partial charge is 0.478 e. The van der Waals surface area contributed by atoms with Crippen molar-refractivity contribution in [3.8, 4) is 11.3 Å². The van der Waals surface area contributed by atoms with Crippen molar-refractivity contribution in [3.63, 3.8) is 0 Å². The number of amides is 1. The summed E-state index contributed by atoms with van der Waals surface area (Å²) in [6.45, 7) is 0.160. The van der Waals surface area contributed by atoms with Crippen LogP contribution in [0.25, 0.3) is 22.2 Å². The first kappa shape index (κ1) is 19.2. The lowest BCUT2D eigenvalue weighted by Gasteiger charge is -2.23. The molecule has 5 nitrogen and oxygen atoms in total. The summed E-state index contributed by atoms with van der Waals surface area (Å²) in [5.74, 6) is -0.641. The first-order chi connectivity index (χ1) is 14.1. The van der Waals surface area contributed by atoms with E-state index in [1.165, 1.54) is 24.8 Å². The van der Waals surface area contributed by atoms with Gasteiger partial charge in [0.25, 0.3) is 0 Å². The molecule has 5 heteroatoms. The number of hydrogen-bond donors (Lipinski definition) is 2. The third-order valence-electron chi connectivity index (χ3n) is 5.99. The minimum atomic E-state index is -0.958. The zero-order chi connectivity index (χ0) is 20.4. The highest BCUT2D eigenvalue weighted by atomic mass is 16.4. The van der Waals surface area contributed by atoms with Gasteiger partial charge in [-0.25, -0.2) is 4.79 Å². The number of aromatic carboxylic acids is 1. The van der Waals surface area contributed by atoms with E-state index in [9.17, 15) is 14.7 Å². The van der Waals surface area contributed by atoms with E-state index in [1.54, 1.807) is 19.2 Å². The summed E-state index contributed by atoms with van der Waals surface area (Å²) in [5.41, 5.74) is 4.41. The number of carbonyl (C=O) groups excluding carboxylic acids is 1. The quantitative estimate of drug-likeness (QED) is 0.657. The van der Waals surface area contributed by atoms with Crippen molar-refractivity contribution in [1.29, 1.82) is 0 Å². The SMILES string of the molecule is CNC(=O)Cn1c(-c2ccccc2)c(C2CCCCC2)c2ccc(C(=O)O)cc21. The molecular weight excluding hydrogens is 364 g/mol. The Morgan fingerprint density at radius 3 is 2.45 bits per heavy atom. The Bertz CT molecular complexity index is 1050. The van der Waals surface area contributed by atoms with Gasteiger partial charge in [-0.3, -0.25) is 4.79 Å². The minimum Gasteiger partial charge on any atom is -0.478 e. The summed E-state index contributed by atoms with van der Waals surface area (Å²) in [4.78, 5) is 24.0. The average molecular weight is 390 g/mol. The standard InChI is InChI=1S/C24H26N2O3/c1-25-21(27)15-26-20-14-18(24(28)29)12-13-19(20)22(16-8-4-2-5-9-16)23(26)17-10-6-3-7-11-17/h3,6-7,10-14,16H,2,4-5,8-9,15H2,1H3,(H,25,27)(H,28,29). The van der Waals surface area contributed by atoms with Crippen LogP contribution in [0.2, 0.25) is 0 Å². The zero-order valence-corrected chi connectivity index (χ0v) is 16.6. The number of likely N-dealkylation sites (N-methyl/N-ethyl adjacent to an activating group) is 1. The molecule has 0 saturated heterocycles. The van der Waals surface area contributed by atoms with Crippen LogP contribution in [0.1, 0.15) is 53.9 Å². The average Bonchev–Trinajstić information content (AvgIpc) is 3.08. The first-order valence-corrected chi connectivity index (χ1v) is 10.3. The molecule has 4 rings (SSSR count). The van der Waals surface area contributed by atoms with Gasteiger partial charge in [0, 0.05) is 12.4 Å². The van der Waals surface area contributed by atoms with Crippen molar-refractivity contribution < 1.29 is 14.7 Å². The number of hydrogen-bond acceptors (Lipinski definition) is 2. The molecule has 1 heterocycles. The van der Waals surface area contributed by atoms with Gasteiger partial charge < -0.3 is 15.0 Å². The smallest absolute Gasteiger partial charge is 0.335 e. The van der Waals surface area contributed by atoms with Gasteiger partial charge in [0.05, 0.1) is 16.8 Å². The lowest BCUT2D eigenvalue weighted by atomic mass is 9.82. The van der Waals surface area contributed by atoms with Crippen molar-refractivity contribution >= 4 is 22.8 Å². The van der Waals surface area contributed by atoms with Crippen molar-refractivity contribution in [2.24, 2.45) is 0 Å². The number of carboxylic acids is 1. The van der Waals surface area contributed by atoms with Crippen LogP contribution in [0.5, 0.6) is 0 Å². The Kier molecular flexibility index (Phi) is 5.38. The summed E-state index contributed by atoms with van der Waals surface area (Å²) in [6, 6.07) is 15.4. The maximum atomic E-state index is 12.4. The Labute approximate surface area is 170 Å². The summed E-state index contributed by atoms with van der Waals surface area (Å²) in [6.07, 6.45) is 5.92. The number of aromatic nitrogens is 1. The molecule has 150 valence electrons. The molecule has 0 unspecified atom stereocenters. The number of nitrogens with one attached hydrogen (secondary N) is 1. The predicted octanol–water partition coefficient (Wildman–Crippen LogP) is 4.80. The Morgan fingerprint density at radius 2 is 1.79 bits per heavy atom. The summed E-state index contributed by atoms with van der Waals surface area (Å²) >= 11 is 0. The Balaban J connectivity index is 2.04. The summed E-state index contributed by atoms with van der Waals surface area (Å²) in [5, 5.41) is 13.3. The van der Waals surface area contributed by atoms with Crippen LogP contribution >= 0.6 is 0 Å². The van der Waals surface area contributed by atoms with Crippen LogP contribution in [-0.4, -0.2) is 28.6 Å². The van der Waals surface area contributed by atoms with Crippen LogP contribution in [0.15, 0.2) is 48.5 Å². The lowest BCUT2D eigenvalue weighted by Crippen LogP contribution is -2.24. The molecule has 0 atom stereocenters. The van der Waals surface area contributed by atoms with Crippen LogP contribution in [-0.2, 0) is 11.3 Å². The molecule has 1 aliphatic carbocycles. The minimum absolute atomic E-state index is 0.102. The first-order valence-electron chi connectivity index (χ1n) is 10.3. The highest BCUT2D eigenvalue weighted by Crippen LogP contribution is 2.44. The summed E-state index contributed by atoms with van der Waals surface area (Å²) < 4.78 is 2.00. The number of nitrogens with zero attached hydrogens (tertiary/aromatic N) is 1. The van der Waals surface area contributed by atoms with E-state index in [-0.39, 0.29) is 18.0 Å². The second-order valence-electron chi connectivity index (χ2n) is 7.76. The molecule has 0 bridgehead atoms. The number of fused-ring (bicyclic) bond motifs is 1. The fraction of sp³-hybridized carbons (Fsp3) is 0.333. The fourth-order valence-corrected chi connectivity index (χ4v) is 4.61. The molecule has 1 fully saturated rings. The molecule has 1 aliphatic rings. The molecule has 2 N–H and O–H groups in total. The van der Waals surface area contributed by atoms with E-state index >= 15 is 0 Å². The molecule has 0 radical (unpaired) electrons. The van der Waals surface area contributed by atoms with E-state index in [2.05, 4.69) is 17.4 Å². The van der Waals surface area contributed by atoms with E-state index in [0.29, 0.717) is 5.92 Å². The lowest BCUT2D eigenvalue weighted by molar-refractivity contribution is -0.121. The van der Waals surface area contributed by atoms with Crippen LogP contribution in [0, 0.1) is 0 Å². The maximum Gasteiger partial charge on any atom is 0.335 e. The van der Waals surface area contributed by atoms with Crippen molar-refractivity contribution in [1.82, 2.24) is 9.88 Å². The monoisotopic (exact) mass is 390 g/mol. The van der Waals surface area contributed by atoms with E-state index in [1.807, 2.05) is 28.8 Å². The van der Waals surface area contributed by atoms with Crippen molar-refractivity contribution in [2.45, 2.75) is 44.6 Å².